The van der Waals surface area contributed by atoms with E-state index in [4.69, 9.17) is 0 Å². The van der Waals surface area contributed by atoms with E-state index in [-0.39, 0.29) is 6.03 Å². The van der Waals surface area contributed by atoms with E-state index in [0.717, 1.165) is 24.2 Å². The third kappa shape index (κ3) is 4.09. The average Bonchev–Trinajstić information content (AvgIpc) is 2.91. The highest BCUT2D eigenvalue weighted by atomic mass is 16.2. The van der Waals surface area contributed by atoms with Gasteiger partial charge in [-0.05, 0) is 25.0 Å². The highest BCUT2D eigenvalue weighted by Gasteiger charge is 2.03. The van der Waals surface area contributed by atoms with Crippen molar-refractivity contribution in [1.29, 1.82) is 0 Å². The van der Waals surface area contributed by atoms with E-state index in [2.05, 4.69) is 20.6 Å². The molecule has 0 bridgehead atoms. The summed E-state index contributed by atoms with van der Waals surface area (Å²) in [5, 5.41) is 5.61. The van der Waals surface area contributed by atoms with Crippen LogP contribution >= 0.6 is 0 Å². The average molecular weight is 259 g/mol. The van der Waals surface area contributed by atoms with Crippen molar-refractivity contribution in [1.82, 2.24) is 19.9 Å². The molecule has 0 aliphatic heterocycles. The molecule has 0 saturated heterocycles. The van der Waals surface area contributed by atoms with Crippen LogP contribution in [0, 0.1) is 6.92 Å². The molecule has 6 heteroatoms. The number of nitrogens with zero attached hydrogens (tertiary/aromatic N) is 3. The molecule has 0 spiro atoms. The number of nitrogens with one attached hydrogen (secondary N) is 2. The standard InChI is InChI=1S/C13H17N5O/c1-11-9-14-5-3-12(11)17-13(19)16-4-2-7-18-8-6-15-10-18/h3,5-6,8-10H,2,4,7H2,1H3,(H2,14,16,17,19). The van der Waals surface area contributed by atoms with Crippen molar-refractivity contribution in [2.75, 3.05) is 11.9 Å². The van der Waals surface area contributed by atoms with Crippen LogP contribution in [0.25, 0.3) is 0 Å². The lowest BCUT2D eigenvalue weighted by Crippen LogP contribution is -2.30. The number of urea groups is 1. The van der Waals surface area contributed by atoms with E-state index in [0.29, 0.717) is 6.54 Å². The molecule has 19 heavy (non-hydrogen) atoms. The molecule has 2 N–H and O–H groups in total. The van der Waals surface area contributed by atoms with Crippen molar-refractivity contribution in [2.45, 2.75) is 19.9 Å². The smallest absolute Gasteiger partial charge is 0.319 e. The van der Waals surface area contributed by atoms with Crippen molar-refractivity contribution in [3.8, 4) is 0 Å². The monoisotopic (exact) mass is 259 g/mol. The first-order valence-electron chi connectivity index (χ1n) is 6.17. The first-order chi connectivity index (χ1) is 9.25. The van der Waals surface area contributed by atoms with E-state index < -0.39 is 0 Å². The predicted octanol–water partition coefficient (Wildman–Crippen LogP) is 1.80. The molecule has 0 radical (unpaired) electrons. The number of amides is 2. The Labute approximate surface area is 111 Å². The summed E-state index contributed by atoms with van der Waals surface area (Å²) < 4.78 is 1.98. The highest BCUT2D eigenvalue weighted by Crippen LogP contribution is 2.10. The zero-order valence-electron chi connectivity index (χ0n) is 10.8. The van der Waals surface area contributed by atoms with Crippen molar-refractivity contribution >= 4 is 11.7 Å². The fourth-order valence-electron chi connectivity index (χ4n) is 1.66. The number of pyridine rings is 1. The number of hydrogen-bond acceptors (Lipinski definition) is 3. The summed E-state index contributed by atoms with van der Waals surface area (Å²) in [6, 6.07) is 1.58. The second-order valence-corrected chi connectivity index (χ2v) is 4.23. The molecular formula is C13H17N5O. The molecule has 0 aliphatic rings. The molecule has 0 fully saturated rings. The number of aryl methyl sites for hydroxylation is 2. The number of carbonyl (C=O) groups excluding carboxylic acids is 1. The summed E-state index contributed by atoms with van der Waals surface area (Å²) in [4.78, 5) is 19.6. The van der Waals surface area contributed by atoms with Gasteiger partial charge in [-0.15, -0.1) is 0 Å². The maximum Gasteiger partial charge on any atom is 0.319 e. The van der Waals surface area contributed by atoms with Crippen molar-refractivity contribution < 1.29 is 4.79 Å². The Bertz CT molecular complexity index is 524. The molecule has 2 heterocycles. The Kier molecular flexibility index (Phi) is 4.49. The van der Waals surface area contributed by atoms with Crippen molar-refractivity contribution in [3.63, 3.8) is 0 Å². The zero-order chi connectivity index (χ0) is 13.5. The van der Waals surface area contributed by atoms with Crippen LogP contribution in [0.4, 0.5) is 10.5 Å². The van der Waals surface area contributed by atoms with E-state index in [1.54, 1.807) is 31.0 Å². The first-order valence-corrected chi connectivity index (χ1v) is 6.17. The molecule has 0 aliphatic carbocycles. The number of imidazole rings is 1. The van der Waals surface area contributed by atoms with Gasteiger partial charge in [0, 0.05) is 43.6 Å². The number of carbonyl (C=O) groups is 1. The van der Waals surface area contributed by atoms with Gasteiger partial charge < -0.3 is 15.2 Å². The Morgan fingerprint density at radius 1 is 1.37 bits per heavy atom. The molecular weight excluding hydrogens is 242 g/mol. The predicted molar refractivity (Wildman–Crippen MR) is 72.8 cm³/mol. The minimum atomic E-state index is -0.195. The Hall–Kier alpha value is -2.37. The lowest BCUT2D eigenvalue weighted by Gasteiger charge is -2.09. The molecule has 2 amide bonds. The van der Waals surface area contributed by atoms with Gasteiger partial charge in [-0.25, -0.2) is 9.78 Å². The maximum atomic E-state index is 11.7. The number of hydrogen-bond donors (Lipinski definition) is 2. The van der Waals surface area contributed by atoms with Gasteiger partial charge in [0.2, 0.25) is 0 Å². The summed E-state index contributed by atoms with van der Waals surface area (Å²) in [7, 11) is 0. The van der Waals surface area contributed by atoms with Gasteiger partial charge in [-0.3, -0.25) is 4.98 Å². The fraction of sp³-hybridized carbons (Fsp3) is 0.308. The Balaban J connectivity index is 1.69. The van der Waals surface area contributed by atoms with Gasteiger partial charge in [0.1, 0.15) is 0 Å². The second-order valence-electron chi connectivity index (χ2n) is 4.23. The molecule has 6 nitrogen and oxygen atoms in total. The summed E-state index contributed by atoms with van der Waals surface area (Å²) in [5.41, 5.74) is 1.72. The van der Waals surface area contributed by atoms with Gasteiger partial charge in [0.05, 0.1) is 6.33 Å². The zero-order valence-corrected chi connectivity index (χ0v) is 10.8. The molecule has 0 aromatic carbocycles. The van der Waals surface area contributed by atoms with Crippen LogP contribution in [0.1, 0.15) is 12.0 Å². The van der Waals surface area contributed by atoms with Gasteiger partial charge >= 0.3 is 6.03 Å². The number of anilines is 1. The molecule has 0 unspecified atom stereocenters. The summed E-state index contributed by atoms with van der Waals surface area (Å²) >= 11 is 0. The van der Waals surface area contributed by atoms with Crippen LogP contribution < -0.4 is 10.6 Å². The van der Waals surface area contributed by atoms with Crippen LogP contribution in [0.3, 0.4) is 0 Å². The van der Waals surface area contributed by atoms with E-state index in [9.17, 15) is 4.79 Å². The van der Waals surface area contributed by atoms with Gasteiger partial charge in [0.15, 0.2) is 0 Å². The molecule has 2 aromatic rings. The normalized spacial score (nSPS) is 10.2. The van der Waals surface area contributed by atoms with Crippen LogP contribution in [0.5, 0.6) is 0 Å². The lowest BCUT2D eigenvalue weighted by molar-refractivity contribution is 0.252. The second kappa shape index (κ2) is 6.53. The van der Waals surface area contributed by atoms with Crippen LogP contribution in [0.2, 0.25) is 0 Å². The molecule has 2 rings (SSSR count). The van der Waals surface area contributed by atoms with Crippen molar-refractivity contribution in [3.05, 3.63) is 42.7 Å². The molecule has 2 aromatic heterocycles. The number of rotatable bonds is 5. The van der Waals surface area contributed by atoms with E-state index in [1.165, 1.54) is 0 Å². The van der Waals surface area contributed by atoms with Crippen molar-refractivity contribution in [2.24, 2.45) is 0 Å². The molecule has 0 atom stereocenters. The van der Waals surface area contributed by atoms with Crippen LogP contribution in [-0.2, 0) is 6.54 Å². The van der Waals surface area contributed by atoms with Gasteiger partial charge in [0.25, 0.3) is 0 Å². The third-order valence-corrected chi connectivity index (χ3v) is 2.71. The maximum absolute atomic E-state index is 11.7. The first kappa shape index (κ1) is 13.1. The topological polar surface area (TPSA) is 71.8 Å². The summed E-state index contributed by atoms with van der Waals surface area (Å²) in [5.74, 6) is 0. The van der Waals surface area contributed by atoms with Crippen LogP contribution in [-0.4, -0.2) is 27.1 Å². The molecule has 0 saturated carbocycles. The quantitative estimate of drug-likeness (QED) is 0.804. The molecule has 100 valence electrons. The highest BCUT2D eigenvalue weighted by molar-refractivity contribution is 5.89. The minimum Gasteiger partial charge on any atom is -0.338 e. The Morgan fingerprint density at radius 2 is 2.26 bits per heavy atom. The summed E-state index contributed by atoms with van der Waals surface area (Å²) in [6.07, 6.45) is 9.64. The van der Waals surface area contributed by atoms with Crippen LogP contribution in [0.15, 0.2) is 37.2 Å². The lowest BCUT2D eigenvalue weighted by atomic mass is 10.2. The number of aromatic nitrogens is 3. The van der Waals surface area contributed by atoms with E-state index >= 15 is 0 Å². The SMILES string of the molecule is Cc1cnccc1NC(=O)NCCCn1ccnc1. The summed E-state index contributed by atoms with van der Waals surface area (Å²) in [6.45, 7) is 3.37. The largest absolute Gasteiger partial charge is 0.338 e. The third-order valence-electron chi connectivity index (χ3n) is 2.71. The van der Waals surface area contributed by atoms with Gasteiger partial charge in [-0.2, -0.15) is 0 Å². The van der Waals surface area contributed by atoms with Gasteiger partial charge in [-0.1, -0.05) is 0 Å². The minimum absolute atomic E-state index is 0.195. The Morgan fingerprint density at radius 3 is 3.00 bits per heavy atom. The van der Waals surface area contributed by atoms with E-state index in [1.807, 2.05) is 17.7 Å². The fourth-order valence-corrected chi connectivity index (χ4v) is 1.66.